The summed E-state index contributed by atoms with van der Waals surface area (Å²) in [6.07, 6.45) is 0. The number of fused-ring (bicyclic) bond motifs is 16. The van der Waals surface area contributed by atoms with Crippen molar-refractivity contribution in [3.05, 3.63) is 233 Å². The zero-order valence-corrected chi connectivity index (χ0v) is 37.3. The van der Waals surface area contributed by atoms with Gasteiger partial charge in [0.05, 0.1) is 11.1 Å². The van der Waals surface area contributed by atoms with Crippen LogP contribution in [0.3, 0.4) is 0 Å². The van der Waals surface area contributed by atoms with Gasteiger partial charge in [-0.2, -0.15) is 0 Å². The molecule has 10 aromatic rings. The molecular formula is C66H55NO. The van der Waals surface area contributed by atoms with Gasteiger partial charge in [-0.25, -0.2) is 0 Å². The maximum atomic E-state index is 9.25. The molecule has 0 fully saturated rings. The first-order valence-corrected chi connectivity index (χ1v) is 22.8. The highest BCUT2D eigenvalue weighted by atomic mass is 16.3. The summed E-state index contributed by atoms with van der Waals surface area (Å²) in [5.74, 6) is 0. The van der Waals surface area contributed by atoms with E-state index in [1.165, 1.54) is 30.3 Å². The number of anilines is 3. The highest BCUT2D eigenvalue weighted by Crippen LogP contribution is 2.66. The van der Waals surface area contributed by atoms with Gasteiger partial charge < -0.3 is 9.32 Å². The van der Waals surface area contributed by atoms with E-state index in [1.807, 2.05) is 138 Å². The van der Waals surface area contributed by atoms with Crippen molar-refractivity contribution in [3.63, 3.8) is 0 Å². The molecule has 1 spiro atoms. The second kappa shape index (κ2) is 14.1. The van der Waals surface area contributed by atoms with Gasteiger partial charge in [0.2, 0.25) is 0 Å². The van der Waals surface area contributed by atoms with E-state index in [9.17, 15) is 12.3 Å². The van der Waals surface area contributed by atoms with Crippen molar-refractivity contribution < 1.29 is 29.1 Å². The van der Waals surface area contributed by atoms with Crippen LogP contribution in [0.25, 0.3) is 66.4 Å². The Bertz CT molecular complexity index is 4320. The summed E-state index contributed by atoms with van der Waals surface area (Å²) in [7, 11) is 0. The molecule has 2 heteroatoms. The van der Waals surface area contributed by atoms with E-state index in [0.717, 1.165) is 44.2 Å². The SMILES string of the molecule is [2H]C([2H])([2H])C(c1ccc2c(c1)C1(c3ccccc3-c3ccccc31)c1cc(C(C([2H])([2H])[2H])(C([2H])([2H])[2H])C([2H])([2H])[2H])cc(N(c3ccc(-c4cccc5c4oc4ccccc45)cc3)c3ccc4c(c3)C(C)(C)c3ccccc3-4)c1-2)(C([2H])([2H])[2H])C([2H])([2H])[2H]. The Morgan fingerprint density at radius 3 is 1.71 bits per heavy atom. The minimum atomic E-state index is -3.77. The Hall–Kier alpha value is -7.42. The average Bonchev–Trinajstić information content (AvgIpc) is 1.44. The number of rotatable bonds is 4. The highest BCUT2D eigenvalue weighted by molar-refractivity contribution is 6.10. The third-order valence-electron chi connectivity index (χ3n) is 14.9. The lowest BCUT2D eigenvalue weighted by atomic mass is 9.68. The minimum absolute atomic E-state index is 0.112. The van der Waals surface area contributed by atoms with E-state index in [1.54, 1.807) is 12.1 Å². The lowest BCUT2D eigenvalue weighted by Gasteiger charge is -2.34. The predicted octanol–water partition coefficient (Wildman–Crippen LogP) is 18.0. The number of para-hydroxylation sites is 2. The third-order valence-corrected chi connectivity index (χ3v) is 14.9. The summed E-state index contributed by atoms with van der Waals surface area (Å²) >= 11 is 0. The molecule has 3 aliphatic carbocycles. The van der Waals surface area contributed by atoms with Gasteiger partial charge in [0.1, 0.15) is 11.2 Å². The second-order valence-corrected chi connectivity index (χ2v) is 19.1. The molecule has 0 unspecified atom stereocenters. The molecule has 2 nitrogen and oxygen atoms in total. The van der Waals surface area contributed by atoms with E-state index in [0.29, 0.717) is 55.9 Å². The Morgan fingerprint density at radius 1 is 0.426 bits per heavy atom. The summed E-state index contributed by atoms with van der Waals surface area (Å²) in [6.45, 7) is -18.1. The number of nitrogens with zero attached hydrogens (tertiary/aromatic N) is 1. The van der Waals surface area contributed by atoms with Crippen LogP contribution in [0.15, 0.2) is 192 Å². The van der Waals surface area contributed by atoms with Crippen LogP contribution in [0.4, 0.5) is 17.1 Å². The van der Waals surface area contributed by atoms with Crippen molar-refractivity contribution in [2.75, 3.05) is 4.90 Å². The fraction of sp³-hybridized carbons (Fsp3) is 0.182. The lowest BCUT2D eigenvalue weighted by molar-refractivity contribution is 0.586. The molecule has 68 heavy (non-hydrogen) atoms. The maximum Gasteiger partial charge on any atom is 0.143 e. The Labute approximate surface area is 425 Å². The van der Waals surface area contributed by atoms with Crippen LogP contribution in [-0.4, -0.2) is 0 Å². The predicted molar refractivity (Wildman–Crippen MR) is 285 cm³/mol. The zero-order chi connectivity index (χ0) is 61.5. The van der Waals surface area contributed by atoms with Gasteiger partial charge in [-0.05, 0) is 125 Å². The number of benzene rings is 9. The number of hydrogen-bond donors (Lipinski definition) is 0. The first kappa shape index (κ1) is 26.2. The molecule has 0 amide bonds. The van der Waals surface area contributed by atoms with Crippen molar-refractivity contribution in [2.24, 2.45) is 0 Å². The van der Waals surface area contributed by atoms with Gasteiger partial charge in [0.25, 0.3) is 0 Å². The van der Waals surface area contributed by atoms with Crippen molar-refractivity contribution in [1.29, 1.82) is 0 Å². The molecule has 0 aliphatic heterocycles. The number of hydrogen-bond acceptors (Lipinski definition) is 2. The fourth-order valence-corrected chi connectivity index (χ4v) is 11.9. The first-order chi connectivity index (χ1) is 40.2. The molecule has 1 aromatic heterocycles. The molecule has 9 aromatic carbocycles. The van der Waals surface area contributed by atoms with Gasteiger partial charge in [0, 0.05) is 63.4 Å². The fourth-order valence-electron chi connectivity index (χ4n) is 11.9. The largest absolute Gasteiger partial charge is 0.455 e. The van der Waals surface area contributed by atoms with Crippen molar-refractivity contribution in [2.45, 2.75) is 76.6 Å². The van der Waals surface area contributed by atoms with Crippen LogP contribution in [0.1, 0.15) is 124 Å². The molecule has 0 saturated carbocycles. The van der Waals surface area contributed by atoms with Crippen LogP contribution in [0.5, 0.6) is 0 Å². The highest BCUT2D eigenvalue weighted by Gasteiger charge is 2.53. The molecule has 1 heterocycles. The summed E-state index contributed by atoms with van der Waals surface area (Å²) in [4.78, 5) is 1.84. The molecule has 0 bridgehead atoms. The van der Waals surface area contributed by atoms with Gasteiger partial charge in [0.15, 0.2) is 0 Å². The monoisotopic (exact) mass is 896 g/mol. The van der Waals surface area contributed by atoms with E-state index in [2.05, 4.69) is 26.0 Å². The normalized spacial score (nSPS) is 19.7. The summed E-state index contributed by atoms with van der Waals surface area (Å²) in [5.41, 5.74) is 0.660. The Kier molecular flexibility index (Phi) is 5.42. The van der Waals surface area contributed by atoms with Crippen molar-refractivity contribution in [3.8, 4) is 44.5 Å². The number of furan rings is 1. The summed E-state index contributed by atoms with van der Waals surface area (Å²) in [5, 5.41) is 1.84. The standard InChI is InChI=1S/C66H55NO/c1-63(2,3)41-30-34-52-57(36-41)66(54-25-14-10-19-47(54)48-20-11-15-26-55(48)66)58-37-42(64(4,5)6)38-59(61(52)58)67(44-33-35-49-46-18-9-13-24-53(46)65(7,8)56(49)39-44)43-31-28-40(29-32-43)45-22-17-23-51-50-21-12-16-27-60(50)68-62(45)51/h9-39H,1-8H3/i1D3,2D3,3D3,4D3,5D3,6D3. The van der Waals surface area contributed by atoms with Crippen molar-refractivity contribution >= 4 is 39.0 Å². The summed E-state index contributed by atoms with van der Waals surface area (Å²) in [6, 6.07) is 56.3. The molecule has 330 valence electrons. The third kappa shape index (κ3) is 5.58. The molecule has 0 radical (unpaired) electrons. The molecule has 0 N–H and O–H groups in total. The smallest absolute Gasteiger partial charge is 0.143 e. The van der Waals surface area contributed by atoms with Crippen LogP contribution < -0.4 is 4.90 Å². The topological polar surface area (TPSA) is 16.4 Å². The van der Waals surface area contributed by atoms with E-state index >= 15 is 0 Å². The lowest BCUT2D eigenvalue weighted by Crippen LogP contribution is -2.27. The van der Waals surface area contributed by atoms with Gasteiger partial charge in [-0.1, -0.05) is 207 Å². The van der Waals surface area contributed by atoms with Gasteiger partial charge >= 0.3 is 0 Å². The second-order valence-electron chi connectivity index (χ2n) is 19.1. The minimum Gasteiger partial charge on any atom is -0.455 e. The van der Waals surface area contributed by atoms with E-state index in [-0.39, 0.29) is 16.8 Å². The molecule has 3 aliphatic rings. The summed E-state index contributed by atoms with van der Waals surface area (Å²) < 4.78 is 170. The average molecular weight is 896 g/mol. The van der Waals surface area contributed by atoms with E-state index < -0.39 is 73.9 Å². The van der Waals surface area contributed by atoms with Crippen LogP contribution in [-0.2, 0) is 21.7 Å². The van der Waals surface area contributed by atoms with Crippen LogP contribution in [0, 0.1) is 0 Å². The quantitative estimate of drug-likeness (QED) is 0.175. The Balaban J connectivity index is 1.21. The molecule has 0 saturated heterocycles. The maximum absolute atomic E-state index is 9.25. The van der Waals surface area contributed by atoms with Crippen molar-refractivity contribution in [1.82, 2.24) is 0 Å². The molecule has 13 rings (SSSR count). The van der Waals surface area contributed by atoms with Gasteiger partial charge in [-0.3, -0.25) is 0 Å². The zero-order valence-electron chi connectivity index (χ0n) is 55.3. The van der Waals surface area contributed by atoms with Crippen LogP contribution >= 0.6 is 0 Å². The van der Waals surface area contributed by atoms with E-state index in [4.69, 9.17) is 16.8 Å². The molecular weight excluding hydrogens is 823 g/mol. The van der Waals surface area contributed by atoms with Crippen LogP contribution in [0.2, 0.25) is 0 Å². The van der Waals surface area contributed by atoms with Gasteiger partial charge in [-0.15, -0.1) is 0 Å². The Morgan fingerprint density at radius 2 is 0.985 bits per heavy atom. The first-order valence-electron chi connectivity index (χ1n) is 31.8. The molecule has 0 atom stereocenters.